The number of benzene rings is 1. The lowest BCUT2D eigenvalue weighted by Crippen LogP contribution is -2.44. The van der Waals surface area contributed by atoms with E-state index in [4.69, 9.17) is 0 Å². The zero-order valence-electron chi connectivity index (χ0n) is 20.1. The first-order valence-electron chi connectivity index (χ1n) is 11.7. The first kappa shape index (κ1) is 24.5. The first-order chi connectivity index (χ1) is 16.8. The maximum atomic E-state index is 13.4. The van der Waals surface area contributed by atoms with Gasteiger partial charge in [0.2, 0.25) is 5.91 Å². The van der Waals surface area contributed by atoms with Crippen LogP contribution in [0.4, 0.5) is 0 Å². The Hall–Kier alpha value is -3.59. The molecule has 1 aromatic carbocycles. The molecule has 3 amide bonds. The van der Waals surface area contributed by atoms with Crippen LogP contribution in [0.25, 0.3) is 0 Å². The molecule has 1 saturated heterocycles. The van der Waals surface area contributed by atoms with Crippen molar-refractivity contribution >= 4 is 29.1 Å². The van der Waals surface area contributed by atoms with Crippen LogP contribution >= 0.6 is 11.3 Å². The van der Waals surface area contributed by atoms with Gasteiger partial charge in [-0.15, -0.1) is 11.3 Å². The fraction of sp³-hybridized carbons (Fsp3) is 0.346. The van der Waals surface area contributed by atoms with E-state index in [0.29, 0.717) is 24.2 Å². The monoisotopic (exact) mass is 491 g/mol. The number of nitrogens with one attached hydrogen (secondary N) is 2. The van der Waals surface area contributed by atoms with Crippen molar-refractivity contribution in [3.05, 3.63) is 81.1 Å². The molecule has 1 fully saturated rings. The first-order valence-corrected chi connectivity index (χ1v) is 12.6. The highest BCUT2D eigenvalue weighted by molar-refractivity contribution is 7.09. The molecule has 0 saturated carbocycles. The number of likely N-dealkylation sites (tertiary alicyclic amines) is 1. The van der Waals surface area contributed by atoms with Crippen molar-refractivity contribution in [2.24, 2.45) is 5.92 Å². The Kier molecular flexibility index (Phi) is 7.55. The number of hydrogen-bond donors (Lipinski definition) is 2. The highest BCUT2D eigenvalue weighted by Crippen LogP contribution is 2.34. The van der Waals surface area contributed by atoms with E-state index in [2.05, 4.69) is 20.8 Å². The highest BCUT2D eigenvalue weighted by Gasteiger charge is 2.33. The molecular weight excluding hydrogens is 462 g/mol. The molecule has 0 bridgehead atoms. The van der Waals surface area contributed by atoms with Crippen LogP contribution in [0.2, 0.25) is 0 Å². The standard InChI is InChI=1S/C26H29N5O3S/c1-16(12-19-8-5-4-6-9-19)23(32)29-30-24(33)21-14-20(13-17(2)27-21)26(34)31-11-7-10-22(31)25-28-18(3)15-35-25/h4-6,8-9,13-16,22H,7,10-12H2,1-3H3,(H,29,32)(H,30,33). The van der Waals surface area contributed by atoms with Crippen molar-refractivity contribution in [2.45, 2.75) is 46.1 Å². The van der Waals surface area contributed by atoms with Gasteiger partial charge in [0.15, 0.2) is 0 Å². The van der Waals surface area contributed by atoms with Crippen LogP contribution in [0.1, 0.15) is 68.6 Å². The van der Waals surface area contributed by atoms with Crippen LogP contribution < -0.4 is 10.9 Å². The predicted octanol–water partition coefficient (Wildman–Crippen LogP) is 3.77. The van der Waals surface area contributed by atoms with E-state index in [1.165, 1.54) is 6.07 Å². The molecule has 1 aliphatic heterocycles. The number of hydrogen-bond acceptors (Lipinski definition) is 6. The van der Waals surface area contributed by atoms with E-state index < -0.39 is 5.91 Å². The van der Waals surface area contributed by atoms with Gasteiger partial charge in [0.25, 0.3) is 11.8 Å². The molecule has 0 radical (unpaired) electrons. The van der Waals surface area contributed by atoms with E-state index in [-0.39, 0.29) is 29.5 Å². The summed E-state index contributed by atoms with van der Waals surface area (Å²) >= 11 is 1.56. The average Bonchev–Trinajstić information content (AvgIpc) is 3.51. The second-order valence-corrected chi connectivity index (χ2v) is 9.79. The van der Waals surface area contributed by atoms with Crippen molar-refractivity contribution in [3.8, 4) is 0 Å². The van der Waals surface area contributed by atoms with E-state index in [9.17, 15) is 14.4 Å². The van der Waals surface area contributed by atoms with Gasteiger partial charge in [-0.25, -0.2) is 9.97 Å². The minimum atomic E-state index is -0.573. The number of aryl methyl sites for hydroxylation is 2. The number of hydrazine groups is 1. The van der Waals surface area contributed by atoms with Crippen LogP contribution in [0.15, 0.2) is 47.8 Å². The maximum absolute atomic E-state index is 13.4. The molecule has 8 nitrogen and oxygen atoms in total. The third-order valence-electron chi connectivity index (χ3n) is 6.00. The van der Waals surface area contributed by atoms with Gasteiger partial charge in [-0.2, -0.15) is 0 Å². The Morgan fingerprint density at radius 2 is 1.86 bits per heavy atom. The number of thiazole rings is 1. The normalized spacial score (nSPS) is 16.1. The van der Waals surface area contributed by atoms with Gasteiger partial charge in [-0.1, -0.05) is 37.3 Å². The average molecular weight is 492 g/mol. The third kappa shape index (κ3) is 5.92. The molecule has 2 aromatic heterocycles. The summed E-state index contributed by atoms with van der Waals surface area (Å²) < 4.78 is 0. The summed E-state index contributed by atoms with van der Waals surface area (Å²) in [5.74, 6) is -1.36. The lowest BCUT2D eigenvalue weighted by molar-refractivity contribution is -0.125. The number of aromatic nitrogens is 2. The second-order valence-electron chi connectivity index (χ2n) is 8.90. The summed E-state index contributed by atoms with van der Waals surface area (Å²) in [4.78, 5) is 49.2. The van der Waals surface area contributed by atoms with Crippen LogP contribution in [0.3, 0.4) is 0 Å². The third-order valence-corrected chi connectivity index (χ3v) is 7.06. The van der Waals surface area contributed by atoms with Gasteiger partial charge >= 0.3 is 0 Å². The molecule has 4 rings (SSSR count). The largest absolute Gasteiger partial charge is 0.329 e. The second kappa shape index (κ2) is 10.8. The van der Waals surface area contributed by atoms with Crippen LogP contribution in [-0.2, 0) is 11.2 Å². The molecule has 35 heavy (non-hydrogen) atoms. The number of carbonyl (C=O) groups is 3. The van der Waals surface area contributed by atoms with Gasteiger partial charge in [0, 0.05) is 34.8 Å². The quantitative estimate of drug-likeness (QED) is 0.511. The van der Waals surface area contributed by atoms with Gasteiger partial charge in [0.1, 0.15) is 10.7 Å². The molecule has 9 heteroatoms. The molecule has 0 aliphatic carbocycles. The summed E-state index contributed by atoms with van der Waals surface area (Å²) in [6.45, 7) is 6.12. The summed E-state index contributed by atoms with van der Waals surface area (Å²) in [5.41, 5.74) is 7.91. The molecular formula is C26H29N5O3S. The minimum absolute atomic E-state index is 0.0580. The Labute approximate surface area is 208 Å². The highest BCUT2D eigenvalue weighted by atomic mass is 32.1. The number of carbonyl (C=O) groups excluding carboxylic acids is 3. The van der Waals surface area contributed by atoms with Crippen molar-refractivity contribution < 1.29 is 14.4 Å². The van der Waals surface area contributed by atoms with Gasteiger partial charge in [-0.3, -0.25) is 25.2 Å². The van der Waals surface area contributed by atoms with Crippen molar-refractivity contribution in [2.75, 3.05) is 6.54 Å². The van der Waals surface area contributed by atoms with E-state index >= 15 is 0 Å². The van der Waals surface area contributed by atoms with Crippen molar-refractivity contribution in [1.29, 1.82) is 0 Å². The van der Waals surface area contributed by atoms with E-state index in [1.54, 1.807) is 31.3 Å². The lowest BCUT2D eigenvalue weighted by atomic mass is 10.0. The predicted molar refractivity (Wildman–Crippen MR) is 134 cm³/mol. The molecule has 2 atom stereocenters. The number of pyridine rings is 1. The van der Waals surface area contributed by atoms with E-state index in [0.717, 1.165) is 29.1 Å². The summed E-state index contributed by atoms with van der Waals surface area (Å²) in [5, 5.41) is 2.93. The molecule has 1 aliphatic rings. The SMILES string of the molecule is Cc1cc(C(=O)N2CCCC2c2nc(C)cs2)cc(C(=O)NNC(=O)C(C)Cc2ccccc2)n1. The Bertz CT molecular complexity index is 1230. The van der Waals surface area contributed by atoms with Crippen molar-refractivity contribution in [1.82, 2.24) is 25.7 Å². The van der Waals surface area contributed by atoms with Gasteiger partial charge in [0.05, 0.1) is 6.04 Å². The fourth-order valence-electron chi connectivity index (χ4n) is 4.23. The zero-order chi connectivity index (χ0) is 24.9. The Balaban J connectivity index is 1.41. The number of nitrogens with zero attached hydrogens (tertiary/aromatic N) is 3. The van der Waals surface area contributed by atoms with Crippen LogP contribution in [0, 0.1) is 19.8 Å². The van der Waals surface area contributed by atoms with Crippen LogP contribution in [-0.4, -0.2) is 39.1 Å². The lowest BCUT2D eigenvalue weighted by Gasteiger charge is -2.23. The summed E-state index contributed by atoms with van der Waals surface area (Å²) in [7, 11) is 0. The molecule has 2 unspecified atom stereocenters. The maximum Gasteiger partial charge on any atom is 0.288 e. The van der Waals surface area contributed by atoms with E-state index in [1.807, 2.05) is 47.5 Å². The Morgan fingerprint density at radius 3 is 2.57 bits per heavy atom. The minimum Gasteiger partial charge on any atom is -0.329 e. The topological polar surface area (TPSA) is 104 Å². The van der Waals surface area contributed by atoms with Crippen LogP contribution in [0.5, 0.6) is 0 Å². The number of amides is 3. The molecule has 0 spiro atoms. The molecule has 3 aromatic rings. The summed E-state index contributed by atoms with van der Waals surface area (Å²) in [6, 6.07) is 12.8. The zero-order valence-corrected chi connectivity index (χ0v) is 20.9. The number of rotatable bonds is 6. The smallest absolute Gasteiger partial charge is 0.288 e. The Morgan fingerprint density at radius 1 is 1.09 bits per heavy atom. The van der Waals surface area contributed by atoms with Gasteiger partial charge < -0.3 is 4.90 Å². The fourth-order valence-corrected chi connectivity index (χ4v) is 5.17. The van der Waals surface area contributed by atoms with Crippen molar-refractivity contribution in [3.63, 3.8) is 0 Å². The molecule has 3 heterocycles. The summed E-state index contributed by atoms with van der Waals surface area (Å²) in [6.07, 6.45) is 2.32. The molecule has 182 valence electrons. The molecule has 2 N–H and O–H groups in total. The van der Waals surface area contributed by atoms with Gasteiger partial charge in [-0.05, 0) is 50.8 Å².